The van der Waals surface area contributed by atoms with Crippen molar-refractivity contribution in [3.63, 3.8) is 0 Å². The Morgan fingerprint density at radius 2 is 2.50 bits per heavy atom. The van der Waals surface area contributed by atoms with E-state index in [1.54, 1.807) is 0 Å². The van der Waals surface area contributed by atoms with E-state index in [9.17, 15) is 0 Å². The molecule has 0 amide bonds. The van der Waals surface area contributed by atoms with E-state index in [4.69, 9.17) is 0 Å². The van der Waals surface area contributed by atoms with Gasteiger partial charge in [0.25, 0.3) is 0 Å². The standard InChI is InChI=1S/C10H14N2/c1-8-10(3-2-5-12-8)9-4-6-11-7-9/h2-3,5,9,11H,4,6-7H2,1H3/t9-/m1/s1. The molecule has 2 rings (SSSR count). The predicted octanol–water partition coefficient (Wildman–Crippen LogP) is 1.47. The van der Waals surface area contributed by atoms with E-state index in [-0.39, 0.29) is 0 Å². The summed E-state index contributed by atoms with van der Waals surface area (Å²) in [5.74, 6) is 0.693. The van der Waals surface area contributed by atoms with E-state index in [1.165, 1.54) is 17.7 Å². The normalized spacial score (nSPS) is 22.9. The second-order valence-corrected chi connectivity index (χ2v) is 3.37. The molecule has 0 aliphatic carbocycles. The third-order valence-electron chi connectivity index (χ3n) is 2.55. The quantitative estimate of drug-likeness (QED) is 0.676. The van der Waals surface area contributed by atoms with E-state index in [2.05, 4.69) is 23.3 Å². The summed E-state index contributed by atoms with van der Waals surface area (Å²) in [6.07, 6.45) is 3.12. The lowest BCUT2D eigenvalue weighted by molar-refractivity contribution is 0.750. The monoisotopic (exact) mass is 162 g/mol. The van der Waals surface area contributed by atoms with Crippen LogP contribution >= 0.6 is 0 Å². The van der Waals surface area contributed by atoms with Crippen molar-refractivity contribution in [3.05, 3.63) is 29.6 Å². The number of pyridine rings is 1. The van der Waals surface area contributed by atoms with Gasteiger partial charge < -0.3 is 5.32 Å². The lowest BCUT2D eigenvalue weighted by Gasteiger charge is -2.10. The average Bonchev–Trinajstić information content (AvgIpc) is 2.57. The van der Waals surface area contributed by atoms with Crippen LogP contribution in [0.2, 0.25) is 0 Å². The molecule has 1 N–H and O–H groups in total. The zero-order valence-corrected chi connectivity index (χ0v) is 7.38. The maximum Gasteiger partial charge on any atom is 0.0407 e. The van der Waals surface area contributed by atoms with Crippen LogP contribution in [0.3, 0.4) is 0 Å². The number of nitrogens with one attached hydrogen (secondary N) is 1. The zero-order chi connectivity index (χ0) is 8.39. The van der Waals surface area contributed by atoms with E-state index >= 15 is 0 Å². The third kappa shape index (κ3) is 1.34. The van der Waals surface area contributed by atoms with Gasteiger partial charge in [-0.05, 0) is 37.4 Å². The number of aromatic nitrogens is 1. The van der Waals surface area contributed by atoms with Crippen molar-refractivity contribution in [2.24, 2.45) is 0 Å². The Morgan fingerprint density at radius 3 is 3.17 bits per heavy atom. The highest BCUT2D eigenvalue weighted by atomic mass is 14.9. The molecule has 64 valence electrons. The zero-order valence-electron chi connectivity index (χ0n) is 7.38. The fraction of sp³-hybridized carbons (Fsp3) is 0.500. The molecule has 0 radical (unpaired) electrons. The first kappa shape index (κ1) is 7.74. The molecular weight excluding hydrogens is 148 g/mol. The predicted molar refractivity (Wildman–Crippen MR) is 49.2 cm³/mol. The molecule has 1 saturated heterocycles. The first-order valence-corrected chi connectivity index (χ1v) is 4.50. The lowest BCUT2D eigenvalue weighted by atomic mass is 9.97. The summed E-state index contributed by atoms with van der Waals surface area (Å²) in [5.41, 5.74) is 2.61. The topological polar surface area (TPSA) is 24.9 Å². The van der Waals surface area contributed by atoms with Crippen molar-refractivity contribution < 1.29 is 0 Å². The van der Waals surface area contributed by atoms with E-state index in [0.29, 0.717) is 5.92 Å². The second-order valence-electron chi connectivity index (χ2n) is 3.37. The van der Waals surface area contributed by atoms with Gasteiger partial charge in [-0.2, -0.15) is 0 Å². The minimum Gasteiger partial charge on any atom is -0.316 e. The summed E-state index contributed by atoms with van der Waals surface area (Å²) in [5, 5.41) is 3.37. The summed E-state index contributed by atoms with van der Waals surface area (Å²) < 4.78 is 0. The molecule has 2 nitrogen and oxygen atoms in total. The molecule has 0 bridgehead atoms. The van der Waals surface area contributed by atoms with Gasteiger partial charge in [-0.25, -0.2) is 0 Å². The van der Waals surface area contributed by atoms with Gasteiger partial charge >= 0.3 is 0 Å². The molecule has 1 aromatic heterocycles. The molecule has 1 atom stereocenters. The average molecular weight is 162 g/mol. The molecule has 1 aliphatic rings. The van der Waals surface area contributed by atoms with Crippen molar-refractivity contribution in [1.29, 1.82) is 0 Å². The van der Waals surface area contributed by atoms with E-state index in [1.807, 2.05) is 12.3 Å². The fourth-order valence-corrected chi connectivity index (χ4v) is 1.85. The van der Waals surface area contributed by atoms with Crippen LogP contribution in [0, 0.1) is 6.92 Å². The number of hydrogen-bond acceptors (Lipinski definition) is 2. The summed E-state index contributed by atoms with van der Waals surface area (Å²) in [6, 6.07) is 4.22. The second kappa shape index (κ2) is 3.23. The van der Waals surface area contributed by atoms with Gasteiger partial charge in [-0.1, -0.05) is 6.07 Å². The minimum absolute atomic E-state index is 0.693. The first-order chi connectivity index (χ1) is 5.88. The highest BCUT2D eigenvalue weighted by Crippen LogP contribution is 2.23. The molecule has 1 aliphatic heterocycles. The number of aryl methyl sites for hydroxylation is 1. The highest BCUT2D eigenvalue weighted by molar-refractivity contribution is 5.24. The third-order valence-corrected chi connectivity index (χ3v) is 2.55. The highest BCUT2D eigenvalue weighted by Gasteiger charge is 2.17. The van der Waals surface area contributed by atoms with Crippen molar-refractivity contribution in [2.45, 2.75) is 19.3 Å². The van der Waals surface area contributed by atoms with Gasteiger partial charge in [-0.15, -0.1) is 0 Å². The molecule has 0 saturated carbocycles. The SMILES string of the molecule is Cc1ncccc1[C@@H]1CCNC1. The molecule has 12 heavy (non-hydrogen) atoms. The maximum absolute atomic E-state index is 4.30. The number of hydrogen-bond donors (Lipinski definition) is 1. The van der Waals surface area contributed by atoms with Crippen LogP contribution in [0.15, 0.2) is 18.3 Å². The Balaban J connectivity index is 2.26. The largest absolute Gasteiger partial charge is 0.316 e. The van der Waals surface area contributed by atoms with Crippen LogP contribution in [0.25, 0.3) is 0 Å². The first-order valence-electron chi connectivity index (χ1n) is 4.50. The minimum atomic E-state index is 0.693. The molecule has 0 aromatic carbocycles. The Kier molecular flexibility index (Phi) is 2.09. The summed E-state index contributed by atoms with van der Waals surface area (Å²) >= 11 is 0. The van der Waals surface area contributed by atoms with Crippen molar-refractivity contribution >= 4 is 0 Å². The van der Waals surface area contributed by atoms with Crippen LogP contribution in [-0.2, 0) is 0 Å². The molecule has 0 spiro atoms. The molecule has 2 heterocycles. The fourth-order valence-electron chi connectivity index (χ4n) is 1.85. The van der Waals surface area contributed by atoms with Crippen LogP contribution in [0.4, 0.5) is 0 Å². The molecule has 1 fully saturated rings. The lowest BCUT2D eigenvalue weighted by Crippen LogP contribution is -2.09. The van der Waals surface area contributed by atoms with Crippen LogP contribution in [0.5, 0.6) is 0 Å². The number of nitrogens with zero attached hydrogens (tertiary/aromatic N) is 1. The van der Waals surface area contributed by atoms with Gasteiger partial charge in [0.15, 0.2) is 0 Å². The van der Waals surface area contributed by atoms with Crippen LogP contribution in [-0.4, -0.2) is 18.1 Å². The molecule has 2 heteroatoms. The van der Waals surface area contributed by atoms with E-state index < -0.39 is 0 Å². The van der Waals surface area contributed by atoms with Crippen molar-refractivity contribution in [2.75, 3.05) is 13.1 Å². The Labute approximate surface area is 73.0 Å². The smallest absolute Gasteiger partial charge is 0.0407 e. The molecular formula is C10H14N2. The van der Waals surface area contributed by atoms with Gasteiger partial charge in [-0.3, -0.25) is 4.98 Å². The van der Waals surface area contributed by atoms with Crippen molar-refractivity contribution in [3.8, 4) is 0 Å². The molecule has 1 aromatic rings. The van der Waals surface area contributed by atoms with Gasteiger partial charge in [0, 0.05) is 18.4 Å². The Hall–Kier alpha value is -0.890. The van der Waals surface area contributed by atoms with Gasteiger partial charge in [0.1, 0.15) is 0 Å². The summed E-state index contributed by atoms with van der Waals surface area (Å²) in [6.45, 7) is 4.36. The maximum atomic E-state index is 4.30. The van der Waals surface area contributed by atoms with Gasteiger partial charge in [0.05, 0.1) is 0 Å². The van der Waals surface area contributed by atoms with Crippen LogP contribution in [0.1, 0.15) is 23.6 Å². The molecule has 0 unspecified atom stereocenters. The van der Waals surface area contributed by atoms with Gasteiger partial charge in [0.2, 0.25) is 0 Å². The number of rotatable bonds is 1. The summed E-state index contributed by atoms with van der Waals surface area (Å²) in [7, 11) is 0. The summed E-state index contributed by atoms with van der Waals surface area (Å²) in [4.78, 5) is 4.30. The van der Waals surface area contributed by atoms with E-state index in [0.717, 1.165) is 13.1 Å². The van der Waals surface area contributed by atoms with Crippen LogP contribution < -0.4 is 5.32 Å². The van der Waals surface area contributed by atoms with Crippen molar-refractivity contribution in [1.82, 2.24) is 10.3 Å². The Morgan fingerprint density at radius 1 is 1.58 bits per heavy atom. The Bertz CT molecular complexity index is 264.